The van der Waals surface area contributed by atoms with Gasteiger partial charge in [-0.3, -0.25) is 0 Å². The van der Waals surface area contributed by atoms with Crippen LogP contribution in [-0.4, -0.2) is 17.8 Å². The van der Waals surface area contributed by atoms with Crippen LogP contribution in [0.3, 0.4) is 0 Å². The minimum atomic E-state index is -0.342. The highest BCUT2D eigenvalue weighted by molar-refractivity contribution is 6.42. The number of hydrogen-bond acceptors (Lipinski definition) is 2. The zero-order valence-electron chi connectivity index (χ0n) is 12.0. The van der Waals surface area contributed by atoms with Crippen LogP contribution in [0.2, 0.25) is 10.0 Å². The van der Waals surface area contributed by atoms with Crippen LogP contribution in [0.4, 0.5) is 0 Å². The molecule has 0 radical (unpaired) electrons. The lowest BCUT2D eigenvalue weighted by atomic mass is 9.89. The molecule has 0 saturated heterocycles. The Labute approximate surface area is 126 Å². The molecule has 0 bridgehead atoms. The van der Waals surface area contributed by atoms with E-state index in [1.807, 2.05) is 19.1 Å². The molecular formula is C15H23Cl2NO. The van der Waals surface area contributed by atoms with Gasteiger partial charge < -0.3 is 10.4 Å². The fourth-order valence-corrected chi connectivity index (χ4v) is 2.30. The smallest absolute Gasteiger partial charge is 0.0669 e. The summed E-state index contributed by atoms with van der Waals surface area (Å²) in [6.45, 7) is 8.98. The van der Waals surface area contributed by atoms with Crippen molar-refractivity contribution in [1.82, 2.24) is 5.32 Å². The molecule has 1 rings (SSSR count). The van der Waals surface area contributed by atoms with E-state index in [0.29, 0.717) is 16.6 Å². The Bertz CT molecular complexity index is 415. The molecule has 2 atom stereocenters. The number of benzene rings is 1. The predicted octanol–water partition coefficient (Wildman–Crippen LogP) is 4.44. The van der Waals surface area contributed by atoms with Gasteiger partial charge in [-0.05, 0) is 36.5 Å². The van der Waals surface area contributed by atoms with Gasteiger partial charge in [-0.15, -0.1) is 0 Å². The highest BCUT2D eigenvalue weighted by Crippen LogP contribution is 2.26. The molecule has 0 spiro atoms. The average Bonchev–Trinajstić information content (AvgIpc) is 2.27. The predicted molar refractivity (Wildman–Crippen MR) is 83.0 cm³/mol. The summed E-state index contributed by atoms with van der Waals surface area (Å²) in [6, 6.07) is 5.73. The van der Waals surface area contributed by atoms with Crippen molar-refractivity contribution in [2.45, 2.75) is 46.3 Å². The Balaban J connectivity index is 2.51. The molecule has 0 amide bonds. The number of aliphatic hydroxyl groups excluding tert-OH is 1. The van der Waals surface area contributed by atoms with Gasteiger partial charge in [0.05, 0.1) is 16.1 Å². The molecule has 0 aromatic heterocycles. The van der Waals surface area contributed by atoms with Crippen LogP contribution < -0.4 is 5.32 Å². The van der Waals surface area contributed by atoms with Gasteiger partial charge in [0.15, 0.2) is 0 Å². The quantitative estimate of drug-likeness (QED) is 0.843. The highest BCUT2D eigenvalue weighted by Gasteiger charge is 2.17. The third kappa shape index (κ3) is 6.13. The van der Waals surface area contributed by atoms with Gasteiger partial charge in [-0.1, -0.05) is 50.0 Å². The Kier molecular flexibility index (Phi) is 6.13. The molecule has 2 unspecified atom stereocenters. The summed E-state index contributed by atoms with van der Waals surface area (Å²) in [5, 5.41) is 14.4. The van der Waals surface area contributed by atoms with Crippen LogP contribution in [0.25, 0.3) is 0 Å². The van der Waals surface area contributed by atoms with E-state index < -0.39 is 0 Å². The van der Waals surface area contributed by atoms with Gasteiger partial charge in [0.25, 0.3) is 0 Å². The number of nitrogens with one attached hydrogen (secondary N) is 1. The molecule has 4 heteroatoms. The molecule has 19 heavy (non-hydrogen) atoms. The fraction of sp³-hybridized carbons (Fsp3) is 0.600. The zero-order valence-corrected chi connectivity index (χ0v) is 13.5. The van der Waals surface area contributed by atoms with E-state index in [2.05, 4.69) is 26.1 Å². The summed E-state index contributed by atoms with van der Waals surface area (Å²) in [7, 11) is 0. The molecular weight excluding hydrogens is 281 g/mol. The number of aliphatic hydroxyl groups is 1. The topological polar surface area (TPSA) is 32.3 Å². The van der Waals surface area contributed by atoms with E-state index in [-0.39, 0.29) is 17.6 Å². The van der Waals surface area contributed by atoms with Gasteiger partial charge in [0, 0.05) is 12.6 Å². The van der Waals surface area contributed by atoms with Gasteiger partial charge in [-0.25, -0.2) is 0 Å². The van der Waals surface area contributed by atoms with E-state index in [9.17, 15) is 5.11 Å². The van der Waals surface area contributed by atoms with Gasteiger partial charge in [0.2, 0.25) is 0 Å². The second-order valence-electron chi connectivity index (χ2n) is 6.22. The van der Waals surface area contributed by atoms with Crippen molar-refractivity contribution in [3.05, 3.63) is 33.8 Å². The zero-order chi connectivity index (χ0) is 14.6. The van der Waals surface area contributed by atoms with Crippen LogP contribution in [0.15, 0.2) is 18.2 Å². The van der Waals surface area contributed by atoms with Crippen molar-refractivity contribution >= 4 is 23.2 Å². The van der Waals surface area contributed by atoms with E-state index in [1.54, 1.807) is 6.07 Å². The number of rotatable bonds is 5. The van der Waals surface area contributed by atoms with Crippen molar-refractivity contribution in [2.24, 2.45) is 5.41 Å². The molecule has 0 saturated carbocycles. The second-order valence-corrected chi connectivity index (χ2v) is 7.04. The Hall–Kier alpha value is -0.280. The summed E-state index contributed by atoms with van der Waals surface area (Å²) >= 11 is 11.9. The SMILES string of the molecule is CC(NCC(O)CC(C)(C)C)c1ccc(Cl)c(Cl)c1. The minimum Gasteiger partial charge on any atom is -0.392 e. The number of hydrogen-bond donors (Lipinski definition) is 2. The van der Waals surface area contributed by atoms with Crippen LogP contribution in [-0.2, 0) is 0 Å². The molecule has 0 aliphatic carbocycles. The third-order valence-corrected chi connectivity index (χ3v) is 3.69. The summed E-state index contributed by atoms with van der Waals surface area (Å²) < 4.78 is 0. The lowest BCUT2D eigenvalue weighted by Gasteiger charge is -2.24. The largest absolute Gasteiger partial charge is 0.392 e. The molecule has 1 aromatic carbocycles. The van der Waals surface area contributed by atoms with Crippen LogP contribution in [0.5, 0.6) is 0 Å². The van der Waals surface area contributed by atoms with Crippen molar-refractivity contribution in [2.75, 3.05) is 6.54 Å². The van der Waals surface area contributed by atoms with Gasteiger partial charge in [0.1, 0.15) is 0 Å². The van der Waals surface area contributed by atoms with Gasteiger partial charge >= 0.3 is 0 Å². The molecule has 0 fully saturated rings. The van der Waals surface area contributed by atoms with Crippen LogP contribution in [0, 0.1) is 5.41 Å². The highest BCUT2D eigenvalue weighted by atomic mass is 35.5. The van der Waals surface area contributed by atoms with Crippen molar-refractivity contribution < 1.29 is 5.11 Å². The lowest BCUT2D eigenvalue weighted by molar-refractivity contribution is 0.117. The molecule has 2 nitrogen and oxygen atoms in total. The molecule has 0 aliphatic heterocycles. The lowest BCUT2D eigenvalue weighted by Crippen LogP contribution is -2.31. The molecule has 1 aromatic rings. The Morgan fingerprint density at radius 3 is 2.37 bits per heavy atom. The Morgan fingerprint density at radius 2 is 1.84 bits per heavy atom. The molecule has 108 valence electrons. The minimum absolute atomic E-state index is 0.129. The first-order chi connectivity index (χ1) is 8.69. The summed E-state index contributed by atoms with van der Waals surface area (Å²) in [5.74, 6) is 0. The maximum Gasteiger partial charge on any atom is 0.0669 e. The first-order valence-corrected chi connectivity index (χ1v) is 7.31. The van der Waals surface area contributed by atoms with Crippen molar-refractivity contribution in [3.63, 3.8) is 0 Å². The molecule has 0 aliphatic rings. The van der Waals surface area contributed by atoms with E-state index in [4.69, 9.17) is 23.2 Å². The second kappa shape index (κ2) is 6.94. The first kappa shape index (κ1) is 16.8. The summed E-state index contributed by atoms with van der Waals surface area (Å²) in [6.07, 6.45) is 0.430. The molecule has 2 N–H and O–H groups in total. The van der Waals surface area contributed by atoms with Crippen LogP contribution >= 0.6 is 23.2 Å². The third-order valence-electron chi connectivity index (χ3n) is 2.95. The average molecular weight is 304 g/mol. The summed E-state index contributed by atoms with van der Waals surface area (Å²) in [4.78, 5) is 0. The molecule has 0 heterocycles. The normalized spacial score (nSPS) is 15.3. The van der Waals surface area contributed by atoms with E-state index in [0.717, 1.165) is 12.0 Å². The van der Waals surface area contributed by atoms with Crippen molar-refractivity contribution in [3.8, 4) is 0 Å². The first-order valence-electron chi connectivity index (χ1n) is 6.55. The summed E-state index contributed by atoms with van der Waals surface area (Å²) in [5.41, 5.74) is 1.20. The Morgan fingerprint density at radius 1 is 1.21 bits per heavy atom. The monoisotopic (exact) mass is 303 g/mol. The fourth-order valence-electron chi connectivity index (χ4n) is 1.99. The maximum absolute atomic E-state index is 9.97. The van der Waals surface area contributed by atoms with E-state index >= 15 is 0 Å². The van der Waals surface area contributed by atoms with Crippen molar-refractivity contribution in [1.29, 1.82) is 0 Å². The maximum atomic E-state index is 9.97. The van der Waals surface area contributed by atoms with Crippen LogP contribution in [0.1, 0.15) is 45.7 Å². The van der Waals surface area contributed by atoms with E-state index in [1.165, 1.54) is 0 Å². The van der Waals surface area contributed by atoms with Gasteiger partial charge in [-0.2, -0.15) is 0 Å². The number of halogens is 2. The standard InChI is InChI=1S/C15H23Cl2NO/c1-10(11-5-6-13(16)14(17)7-11)18-9-12(19)8-15(2,3)4/h5-7,10,12,18-19H,8-9H2,1-4H3.